The van der Waals surface area contributed by atoms with Crippen molar-refractivity contribution in [3.05, 3.63) is 35.9 Å². The second kappa shape index (κ2) is 9.77. The van der Waals surface area contributed by atoms with Crippen molar-refractivity contribution in [3.63, 3.8) is 0 Å². The average molecular weight is 406 g/mol. The molecule has 0 unspecified atom stereocenters. The van der Waals surface area contributed by atoms with Crippen LogP contribution in [-0.2, 0) is 15.6 Å². The number of guanidine groups is 1. The van der Waals surface area contributed by atoms with Gasteiger partial charge in [0, 0.05) is 26.2 Å². The summed E-state index contributed by atoms with van der Waals surface area (Å²) in [5.74, 6) is 1.27. The smallest absolute Gasteiger partial charge is 0.193 e. The van der Waals surface area contributed by atoms with Gasteiger partial charge in [0.05, 0.1) is 11.5 Å². The Hall–Kier alpha value is -1.56. The molecule has 1 saturated heterocycles. The van der Waals surface area contributed by atoms with Crippen LogP contribution in [0.25, 0.3) is 0 Å². The van der Waals surface area contributed by atoms with E-state index >= 15 is 0 Å². The summed E-state index contributed by atoms with van der Waals surface area (Å²) in [6.45, 7) is 5.66. The molecule has 156 valence electrons. The SMILES string of the molecule is CCNC(=NCCCS(=O)(=O)Cc1ccccc1)N1CCC2(CCCCC2)C1. The maximum absolute atomic E-state index is 12.4. The monoisotopic (exact) mass is 405 g/mol. The van der Waals surface area contributed by atoms with Crippen LogP contribution in [0.2, 0.25) is 0 Å². The van der Waals surface area contributed by atoms with E-state index in [0.29, 0.717) is 18.4 Å². The molecule has 1 aromatic rings. The summed E-state index contributed by atoms with van der Waals surface area (Å²) < 4.78 is 24.7. The summed E-state index contributed by atoms with van der Waals surface area (Å²) in [7, 11) is -3.09. The minimum absolute atomic E-state index is 0.117. The molecule has 1 aliphatic carbocycles. The van der Waals surface area contributed by atoms with E-state index in [0.717, 1.165) is 31.2 Å². The molecule has 6 heteroatoms. The maximum Gasteiger partial charge on any atom is 0.193 e. The van der Waals surface area contributed by atoms with Gasteiger partial charge in [-0.05, 0) is 43.6 Å². The van der Waals surface area contributed by atoms with Crippen LogP contribution >= 0.6 is 0 Å². The van der Waals surface area contributed by atoms with Crippen LogP contribution in [-0.4, -0.2) is 51.2 Å². The van der Waals surface area contributed by atoms with E-state index in [1.54, 1.807) is 0 Å². The topological polar surface area (TPSA) is 61.8 Å². The average Bonchev–Trinajstić information content (AvgIpc) is 3.08. The molecule has 0 amide bonds. The number of nitrogens with zero attached hydrogens (tertiary/aromatic N) is 2. The second-order valence-corrected chi connectivity index (χ2v) is 10.6. The van der Waals surface area contributed by atoms with Crippen LogP contribution in [0.5, 0.6) is 0 Å². The Morgan fingerprint density at radius 1 is 1.14 bits per heavy atom. The standard InChI is InChI=1S/C22H35N3O2S/c1-2-23-21(25-16-14-22(19-25)12-7-4-8-13-22)24-15-9-17-28(26,27)18-20-10-5-3-6-11-20/h3,5-6,10-11H,2,4,7-9,12-19H2,1H3,(H,23,24). The highest BCUT2D eigenvalue weighted by Gasteiger charge is 2.39. The molecule has 1 aromatic carbocycles. The van der Waals surface area contributed by atoms with Crippen LogP contribution < -0.4 is 5.32 Å². The summed E-state index contributed by atoms with van der Waals surface area (Å²) in [6, 6.07) is 9.41. The van der Waals surface area contributed by atoms with E-state index < -0.39 is 9.84 Å². The molecule has 0 atom stereocenters. The van der Waals surface area contributed by atoms with Crippen molar-refractivity contribution in [1.82, 2.24) is 10.2 Å². The number of hydrogen-bond acceptors (Lipinski definition) is 3. The lowest BCUT2D eigenvalue weighted by Gasteiger charge is -2.33. The number of nitrogens with one attached hydrogen (secondary N) is 1. The van der Waals surface area contributed by atoms with Crippen molar-refractivity contribution >= 4 is 15.8 Å². The summed E-state index contributed by atoms with van der Waals surface area (Å²) in [6.07, 6.45) is 8.64. The van der Waals surface area contributed by atoms with Gasteiger partial charge in [-0.2, -0.15) is 0 Å². The third kappa shape index (κ3) is 5.97. The molecular formula is C22H35N3O2S. The number of rotatable bonds is 7. The molecular weight excluding hydrogens is 370 g/mol. The first-order chi connectivity index (χ1) is 13.5. The van der Waals surface area contributed by atoms with Crippen molar-refractivity contribution in [2.24, 2.45) is 10.4 Å². The minimum atomic E-state index is -3.09. The van der Waals surface area contributed by atoms with E-state index in [2.05, 4.69) is 17.1 Å². The van der Waals surface area contributed by atoms with E-state index in [9.17, 15) is 8.42 Å². The van der Waals surface area contributed by atoms with Crippen LogP contribution in [0.3, 0.4) is 0 Å². The first-order valence-corrected chi connectivity index (χ1v) is 12.6. The van der Waals surface area contributed by atoms with Crippen molar-refractivity contribution in [1.29, 1.82) is 0 Å². The zero-order valence-electron chi connectivity index (χ0n) is 17.2. The summed E-state index contributed by atoms with van der Waals surface area (Å²) in [5, 5.41) is 3.41. The van der Waals surface area contributed by atoms with E-state index in [4.69, 9.17) is 4.99 Å². The predicted molar refractivity (Wildman–Crippen MR) is 116 cm³/mol. The van der Waals surface area contributed by atoms with E-state index in [1.807, 2.05) is 30.3 Å². The zero-order valence-corrected chi connectivity index (χ0v) is 18.0. The van der Waals surface area contributed by atoms with Gasteiger partial charge in [-0.25, -0.2) is 8.42 Å². The van der Waals surface area contributed by atoms with Crippen molar-refractivity contribution in [2.45, 2.75) is 57.6 Å². The highest BCUT2D eigenvalue weighted by atomic mass is 32.2. The van der Waals surface area contributed by atoms with Gasteiger partial charge in [-0.15, -0.1) is 0 Å². The minimum Gasteiger partial charge on any atom is -0.357 e. The zero-order chi connectivity index (χ0) is 19.9. The number of sulfone groups is 1. The fourth-order valence-electron chi connectivity index (χ4n) is 4.62. The second-order valence-electron chi connectivity index (χ2n) is 8.40. The summed E-state index contributed by atoms with van der Waals surface area (Å²) in [4.78, 5) is 7.15. The molecule has 0 radical (unpaired) electrons. The third-order valence-electron chi connectivity index (χ3n) is 6.09. The predicted octanol–water partition coefficient (Wildman–Crippen LogP) is 3.61. The molecule has 1 N–H and O–H groups in total. The molecule has 1 spiro atoms. The lowest BCUT2D eigenvalue weighted by molar-refractivity contribution is 0.203. The lowest BCUT2D eigenvalue weighted by atomic mass is 9.73. The van der Waals surface area contributed by atoms with Gasteiger partial charge in [0.25, 0.3) is 0 Å². The van der Waals surface area contributed by atoms with Crippen LogP contribution in [0.1, 0.15) is 57.4 Å². The van der Waals surface area contributed by atoms with Crippen LogP contribution in [0, 0.1) is 5.41 Å². The fourth-order valence-corrected chi connectivity index (χ4v) is 6.03. The number of likely N-dealkylation sites (tertiary alicyclic amines) is 1. The number of benzene rings is 1. The van der Waals surface area contributed by atoms with E-state index in [-0.39, 0.29) is 11.5 Å². The van der Waals surface area contributed by atoms with Crippen molar-refractivity contribution < 1.29 is 8.42 Å². The van der Waals surface area contributed by atoms with Crippen LogP contribution in [0.15, 0.2) is 35.3 Å². The molecule has 1 heterocycles. The van der Waals surface area contributed by atoms with Gasteiger partial charge in [-0.1, -0.05) is 49.6 Å². The van der Waals surface area contributed by atoms with Gasteiger partial charge in [0.15, 0.2) is 15.8 Å². The Morgan fingerprint density at radius 3 is 2.61 bits per heavy atom. The Kier molecular flexibility index (Phi) is 7.38. The Labute approximate surface area is 170 Å². The third-order valence-corrected chi connectivity index (χ3v) is 7.78. The Morgan fingerprint density at radius 2 is 1.89 bits per heavy atom. The fraction of sp³-hybridized carbons (Fsp3) is 0.682. The summed E-state index contributed by atoms with van der Waals surface area (Å²) >= 11 is 0. The largest absolute Gasteiger partial charge is 0.357 e. The number of aliphatic imine (C=N–C) groups is 1. The molecule has 0 aromatic heterocycles. The summed E-state index contributed by atoms with van der Waals surface area (Å²) in [5.41, 5.74) is 1.35. The van der Waals surface area contributed by atoms with Gasteiger partial charge in [0.1, 0.15) is 0 Å². The normalized spacial score (nSPS) is 19.9. The van der Waals surface area contributed by atoms with Crippen molar-refractivity contribution in [3.8, 4) is 0 Å². The quantitative estimate of drug-likeness (QED) is 0.428. The molecule has 2 fully saturated rings. The van der Waals surface area contributed by atoms with Gasteiger partial charge in [0.2, 0.25) is 0 Å². The molecule has 2 aliphatic rings. The number of hydrogen-bond donors (Lipinski definition) is 1. The Balaban J connectivity index is 1.50. The van der Waals surface area contributed by atoms with Crippen LogP contribution in [0.4, 0.5) is 0 Å². The first-order valence-electron chi connectivity index (χ1n) is 10.8. The molecule has 1 saturated carbocycles. The highest BCUT2D eigenvalue weighted by molar-refractivity contribution is 7.90. The van der Waals surface area contributed by atoms with E-state index in [1.165, 1.54) is 38.5 Å². The highest BCUT2D eigenvalue weighted by Crippen LogP contribution is 2.43. The Bertz CT molecular complexity index is 740. The molecule has 3 rings (SSSR count). The molecule has 0 bridgehead atoms. The maximum atomic E-state index is 12.4. The lowest BCUT2D eigenvalue weighted by Crippen LogP contribution is -2.41. The van der Waals surface area contributed by atoms with Gasteiger partial charge in [-0.3, -0.25) is 4.99 Å². The molecule has 1 aliphatic heterocycles. The van der Waals surface area contributed by atoms with Gasteiger partial charge >= 0.3 is 0 Å². The molecule has 5 nitrogen and oxygen atoms in total. The molecule has 28 heavy (non-hydrogen) atoms. The van der Waals surface area contributed by atoms with Gasteiger partial charge < -0.3 is 10.2 Å². The first kappa shape index (κ1) is 21.2. The van der Waals surface area contributed by atoms with Crippen molar-refractivity contribution in [2.75, 3.05) is 31.9 Å².